The average Bonchev–Trinajstić information content (AvgIpc) is 3.64. The summed E-state index contributed by atoms with van der Waals surface area (Å²) in [4.78, 5) is 32.6. The second-order valence-electron chi connectivity index (χ2n) is 10.9. The predicted molar refractivity (Wildman–Crippen MR) is 146 cm³/mol. The van der Waals surface area contributed by atoms with Crippen LogP contribution in [0.5, 0.6) is 5.75 Å². The SMILES string of the molecule is CCCCN(CCCN(C)C)C(=O)CN1CC(c2ccc3c(c2)CCO3)C(C(=O)O)C1CCn1cccn1. The number of likely N-dealkylation sites (tertiary alicyclic amines) is 1. The van der Waals surface area contributed by atoms with Gasteiger partial charge < -0.3 is 19.6 Å². The molecule has 208 valence electrons. The molecule has 0 bridgehead atoms. The van der Waals surface area contributed by atoms with Crippen molar-refractivity contribution in [2.45, 2.75) is 57.5 Å². The van der Waals surface area contributed by atoms with Gasteiger partial charge in [0.15, 0.2) is 0 Å². The van der Waals surface area contributed by atoms with Crippen LogP contribution in [-0.2, 0) is 22.6 Å². The summed E-state index contributed by atoms with van der Waals surface area (Å²) in [5.41, 5.74) is 2.16. The Morgan fingerprint density at radius 1 is 1.18 bits per heavy atom. The van der Waals surface area contributed by atoms with Crippen LogP contribution in [0, 0.1) is 5.92 Å². The third-order valence-corrected chi connectivity index (χ3v) is 7.89. The predicted octanol–water partition coefficient (Wildman–Crippen LogP) is 2.96. The molecule has 1 aromatic heterocycles. The maximum absolute atomic E-state index is 13.6. The van der Waals surface area contributed by atoms with Crippen molar-refractivity contribution in [3.8, 4) is 5.75 Å². The summed E-state index contributed by atoms with van der Waals surface area (Å²) in [7, 11) is 4.09. The standard InChI is InChI=1S/C29H43N5O4/c1-4-5-14-32(15-7-13-31(2)3)27(35)21-33-20-24(22-8-9-26-23(19-22)11-18-38-26)28(29(36)37)25(33)10-17-34-16-6-12-30-34/h6,8-9,12,16,19,24-25,28H,4-5,7,10-11,13-15,17-18,20-21H2,1-3H3,(H,36,37). The molecule has 0 radical (unpaired) electrons. The van der Waals surface area contributed by atoms with Crippen LogP contribution < -0.4 is 4.74 Å². The summed E-state index contributed by atoms with van der Waals surface area (Å²) in [5, 5.41) is 14.8. The molecule has 4 rings (SSSR count). The highest BCUT2D eigenvalue weighted by atomic mass is 16.5. The second-order valence-corrected chi connectivity index (χ2v) is 10.9. The summed E-state index contributed by atoms with van der Waals surface area (Å²) >= 11 is 0. The quantitative estimate of drug-likeness (QED) is 0.406. The van der Waals surface area contributed by atoms with E-state index in [0.29, 0.717) is 26.1 Å². The first kappa shape index (κ1) is 28.1. The van der Waals surface area contributed by atoms with Gasteiger partial charge in [0.25, 0.3) is 0 Å². The van der Waals surface area contributed by atoms with Gasteiger partial charge in [-0.3, -0.25) is 19.2 Å². The first-order valence-corrected chi connectivity index (χ1v) is 14.0. The number of carboxylic acids is 1. The van der Waals surface area contributed by atoms with Crippen LogP contribution in [0.1, 0.15) is 49.7 Å². The molecule has 2 aliphatic heterocycles. The summed E-state index contributed by atoms with van der Waals surface area (Å²) in [5.74, 6) is -0.608. The lowest BCUT2D eigenvalue weighted by molar-refractivity contribution is -0.144. The zero-order valence-corrected chi connectivity index (χ0v) is 23.1. The Labute approximate surface area is 226 Å². The average molecular weight is 526 g/mol. The first-order chi connectivity index (χ1) is 18.4. The lowest BCUT2D eigenvalue weighted by Crippen LogP contribution is -2.45. The number of ether oxygens (including phenoxy) is 1. The zero-order valence-electron chi connectivity index (χ0n) is 23.1. The number of nitrogens with zero attached hydrogens (tertiary/aromatic N) is 5. The number of amides is 1. The van der Waals surface area contributed by atoms with Crippen LogP contribution in [0.4, 0.5) is 0 Å². The van der Waals surface area contributed by atoms with Crippen molar-refractivity contribution in [1.29, 1.82) is 0 Å². The van der Waals surface area contributed by atoms with Crippen LogP contribution in [0.15, 0.2) is 36.7 Å². The van der Waals surface area contributed by atoms with Crippen LogP contribution in [0.3, 0.4) is 0 Å². The van der Waals surface area contributed by atoms with Crippen molar-refractivity contribution in [2.24, 2.45) is 5.92 Å². The molecule has 0 saturated carbocycles. The van der Waals surface area contributed by atoms with E-state index in [0.717, 1.165) is 62.2 Å². The van der Waals surface area contributed by atoms with Crippen LogP contribution in [0.2, 0.25) is 0 Å². The minimum atomic E-state index is -0.805. The molecule has 1 fully saturated rings. The van der Waals surface area contributed by atoms with Crippen molar-refractivity contribution in [3.05, 3.63) is 47.8 Å². The Morgan fingerprint density at radius 3 is 2.71 bits per heavy atom. The number of unbranched alkanes of at least 4 members (excludes halogenated alkanes) is 1. The molecule has 3 heterocycles. The fourth-order valence-corrected chi connectivity index (χ4v) is 5.89. The largest absolute Gasteiger partial charge is 0.493 e. The van der Waals surface area contributed by atoms with E-state index in [1.165, 1.54) is 0 Å². The minimum absolute atomic E-state index is 0.0911. The molecule has 1 saturated heterocycles. The van der Waals surface area contributed by atoms with E-state index in [9.17, 15) is 14.7 Å². The molecule has 3 atom stereocenters. The van der Waals surface area contributed by atoms with E-state index in [1.807, 2.05) is 48.1 Å². The van der Waals surface area contributed by atoms with Crippen molar-refractivity contribution in [2.75, 3.05) is 53.4 Å². The number of hydrogen-bond acceptors (Lipinski definition) is 6. The fraction of sp³-hybridized carbons (Fsp3) is 0.621. The van der Waals surface area contributed by atoms with Crippen molar-refractivity contribution < 1.29 is 19.4 Å². The van der Waals surface area contributed by atoms with Gasteiger partial charge in [-0.25, -0.2) is 0 Å². The van der Waals surface area contributed by atoms with Crippen LogP contribution in [0.25, 0.3) is 0 Å². The molecule has 1 N–H and O–H groups in total. The smallest absolute Gasteiger partial charge is 0.308 e. The Hall–Kier alpha value is -2.91. The molecule has 1 amide bonds. The maximum Gasteiger partial charge on any atom is 0.308 e. The molecule has 0 spiro atoms. The van der Waals surface area contributed by atoms with Gasteiger partial charge in [0.05, 0.1) is 19.1 Å². The molecule has 3 unspecified atom stereocenters. The Balaban J connectivity index is 1.55. The number of carbonyl (C=O) groups is 2. The topological polar surface area (TPSA) is 91.1 Å². The molecule has 2 aliphatic rings. The number of fused-ring (bicyclic) bond motifs is 1. The van der Waals surface area contributed by atoms with Crippen molar-refractivity contribution >= 4 is 11.9 Å². The van der Waals surface area contributed by atoms with Gasteiger partial charge in [0.2, 0.25) is 5.91 Å². The lowest BCUT2D eigenvalue weighted by Gasteiger charge is -2.30. The van der Waals surface area contributed by atoms with E-state index in [4.69, 9.17) is 4.74 Å². The lowest BCUT2D eigenvalue weighted by atomic mass is 9.83. The van der Waals surface area contributed by atoms with Crippen molar-refractivity contribution in [3.63, 3.8) is 0 Å². The first-order valence-electron chi connectivity index (χ1n) is 14.0. The summed E-state index contributed by atoms with van der Waals surface area (Å²) in [6.07, 6.45) is 8.01. The van der Waals surface area contributed by atoms with E-state index < -0.39 is 11.9 Å². The maximum atomic E-state index is 13.6. The monoisotopic (exact) mass is 525 g/mol. The highest BCUT2D eigenvalue weighted by molar-refractivity contribution is 5.79. The summed E-state index contributed by atoms with van der Waals surface area (Å²) in [6.45, 7) is 6.59. The zero-order chi connectivity index (χ0) is 27.1. The number of rotatable bonds is 14. The fourth-order valence-electron chi connectivity index (χ4n) is 5.89. The number of benzene rings is 1. The third-order valence-electron chi connectivity index (χ3n) is 7.89. The molecular weight excluding hydrogens is 482 g/mol. The van der Waals surface area contributed by atoms with Crippen LogP contribution in [-0.4, -0.2) is 101 Å². The number of aliphatic carboxylic acids is 1. The third kappa shape index (κ3) is 6.94. The molecule has 9 nitrogen and oxygen atoms in total. The molecule has 2 aromatic rings. The minimum Gasteiger partial charge on any atom is -0.493 e. The highest BCUT2D eigenvalue weighted by Crippen LogP contribution is 2.41. The molecular formula is C29H43N5O4. The molecule has 38 heavy (non-hydrogen) atoms. The Bertz CT molecular complexity index is 1060. The number of carbonyl (C=O) groups excluding carboxylic acids is 1. The van der Waals surface area contributed by atoms with Gasteiger partial charge in [0, 0.05) is 57.0 Å². The molecule has 9 heteroatoms. The highest BCUT2D eigenvalue weighted by Gasteiger charge is 2.47. The van der Waals surface area contributed by atoms with E-state index >= 15 is 0 Å². The second kappa shape index (κ2) is 13.2. The van der Waals surface area contributed by atoms with Crippen molar-refractivity contribution in [1.82, 2.24) is 24.5 Å². The van der Waals surface area contributed by atoms with Gasteiger partial charge in [0.1, 0.15) is 5.75 Å². The number of aromatic nitrogens is 2. The molecule has 0 aliphatic carbocycles. The molecule has 1 aromatic carbocycles. The number of hydrogen-bond donors (Lipinski definition) is 1. The number of aryl methyl sites for hydroxylation is 1. The van der Waals surface area contributed by atoms with Gasteiger partial charge >= 0.3 is 5.97 Å². The Morgan fingerprint density at radius 2 is 2.00 bits per heavy atom. The van der Waals surface area contributed by atoms with E-state index in [2.05, 4.69) is 27.9 Å². The number of carboxylic acid groups (broad SMARTS) is 1. The van der Waals surface area contributed by atoms with Gasteiger partial charge in [-0.15, -0.1) is 0 Å². The Kier molecular flexibility index (Phi) is 9.80. The summed E-state index contributed by atoms with van der Waals surface area (Å²) < 4.78 is 7.52. The van der Waals surface area contributed by atoms with E-state index in [-0.39, 0.29) is 24.4 Å². The summed E-state index contributed by atoms with van der Waals surface area (Å²) in [6, 6.07) is 7.72. The van der Waals surface area contributed by atoms with Gasteiger partial charge in [-0.1, -0.05) is 25.5 Å². The van der Waals surface area contributed by atoms with Gasteiger partial charge in [-0.05, 0) is 63.2 Å². The van der Waals surface area contributed by atoms with Gasteiger partial charge in [-0.2, -0.15) is 5.10 Å². The van der Waals surface area contributed by atoms with E-state index in [1.54, 1.807) is 6.20 Å². The van der Waals surface area contributed by atoms with Crippen LogP contribution >= 0.6 is 0 Å². The normalized spacial score (nSPS) is 21.0.